The molecule has 0 spiro atoms. The molecule has 0 aliphatic heterocycles. The van der Waals surface area contributed by atoms with E-state index in [0.717, 1.165) is 4.31 Å². The number of rotatable bonds is 3. The first-order valence-corrected chi connectivity index (χ1v) is 7.69. The molecule has 0 saturated heterocycles. The number of hydrogen-bond donors (Lipinski definition) is 1. The molecule has 0 aliphatic rings. The van der Waals surface area contributed by atoms with Gasteiger partial charge in [-0.05, 0) is 40.2 Å². The molecule has 6 heteroatoms. The Labute approximate surface area is 120 Å². The fourth-order valence-electron chi connectivity index (χ4n) is 1.63. The number of anilines is 1. The zero-order valence-corrected chi connectivity index (χ0v) is 12.5. The molecule has 0 heterocycles. The van der Waals surface area contributed by atoms with E-state index in [0.29, 0.717) is 10.2 Å². The Bertz CT molecular complexity index is 701. The van der Waals surface area contributed by atoms with Crippen LogP contribution in [-0.2, 0) is 10.0 Å². The summed E-state index contributed by atoms with van der Waals surface area (Å²) in [6.45, 7) is 0. The first-order chi connectivity index (χ1) is 8.93. The second-order valence-corrected chi connectivity index (χ2v) is 6.71. The van der Waals surface area contributed by atoms with Crippen LogP contribution in [0.15, 0.2) is 57.9 Å². The van der Waals surface area contributed by atoms with Crippen molar-refractivity contribution in [2.24, 2.45) is 0 Å². The smallest absolute Gasteiger partial charge is 0.265 e. The molecule has 1 N–H and O–H groups in total. The van der Waals surface area contributed by atoms with E-state index in [1.807, 2.05) is 0 Å². The Balaban J connectivity index is 2.49. The topological polar surface area (TPSA) is 57.6 Å². The summed E-state index contributed by atoms with van der Waals surface area (Å²) in [5, 5.41) is 9.42. The zero-order valence-electron chi connectivity index (χ0n) is 10.1. The molecule has 2 aromatic carbocycles. The molecule has 0 fully saturated rings. The highest BCUT2D eigenvalue weighted by molar-refractivity contribution is 9.10. The molecule has 0 aromatic heterocycles. The van der Waals surface area contributed by atoms with E-state index in [9.17, 15) is 13.5 Å². The van der Waals surface area contributed by atoms with E-state index >= 15 is 0 Å². The normalized spacial score (nSPS) is 11.3. The molecule has 0 radical (unpaired) electrons. The highest BCUT2D eigenvalue weighted by Crippen LogP contribution is 2.28. The highest BCUT2D eigenvalue weighted by atomic mass is 79.9. The van der Waals surface area contributed by atoms with Crippen molar-refractivity contribution in [3.63, 3.8) is 0 Å². The Morgan fingerprint density at radius 2 is 1.79 bits per heavy atom. The van der Waals surface area contributed by atoms with Gasteiger partial charge in [0.1, 0.15) is 10.6 Å². The molecule has 0 aliphatic carbocycles. The van der Waals surface area contributed by atoms with Crippen LogP contribution < -0.4 is 4.31 Å². The standard InChI is InChI=1S/C13H12BrNO3S/c1-15(10-5-4-6-11(16)9-10)19(17,18)13-8-3-2-7-12(13)14/h2-9,16H,1H3. The second-order valence-electron chi connectivity index (χ2n) is 3.92. The summed E-state index contributed by atoms with van der Waals surface area (Å²) in [6.07, 6.45) is 0. The predicted molar refractivity (Wildman–Crippen MR) is 77.8 cm³/mol. The minimum atomic E-state index is -3.66. The first-order valence-electron chi connectivity index (χ1n) is 5.45. The van der Waals surface area contributed by atoms with Crippen molar-refractivity contribution < 1.29 is 13.5 Å². The van der Waals surface area contributed by atoms with Crippen LogP contribution in [0.5, 0.6) is 5.75 Å². The van der Waals surface area contributed by atoms with E-state index < -0.39 is 10.0 Å². The van der Waals surface area contributed by atoms with Crippen molar-refractivity contribution in [1.29, 1.82) is 0 Å². The molecule has 0 amide bonds. The molecule has 2 rings (SSSR count). The van der Waals surface area contributed by atoms with Gasteiger partial charge < -0.3 is 5.11 Å². The van der Waals surface area contributed by atoms with Gasteiger partial charge in [-0.15, -0.1) is 0 Å². The maximum absolute atomic E-state index is 12.5. The summed E-state index contributed by atoms with van der Waals surface area (Å²) in [5.41, 5.74) is 0.399. The van der Waals surface area contributed by atoms with Gasteiger partial charge in [0.25, 0.3) is 10.0 Å². The van der Waals surface area contributed by atoms with Crippen LogP contribution in [0, 0.1) is 0 Å². The molecule has 2 aromatic rings. The van der Waals surface area contributed by atoms with Crippen molar-refractivity contribution in [3.05, 3.63) is 53.0 Å². The number of aromatic hydroxyl groups is 1. The average Bonchev–Trinajstić information content (AvgIpc) is 2.38. The minimum absolute atomic E-state index is 0.0201. The lowest BCUT2D eigenvalue weighted by atomic mass is 10.3. The number of benzene rings is 2. The van der Waals surface area contributed by atoms with Crippen LogP contribution in [0.3, 0.4) is 0 Å². The summed E-state index contributed by atoms with van der Waals surface area (Å²) in [7, 11) is -2.22. The Hall–Kier alpha value is -1.53. The van der Waals surface area contributed by atoms with Crippen molar-refractivity contribution in [3.8, 4) is 5.75 Å². The lowest BCUT2D eigenvalue weighted by Gasteiger charge is -2.20. The number of phenols is 1. The largest absolute Gasteiger partial charge is 0.508 e. The van der Waals surface area contributed by atoms with E-state index in [1.165, 1.54) is 25.2 Å². The highest BCUT2D eigenvalue weighted by Gasteiger charge is 2.23. The summed E-state index contributed by atoms with van der Waals surface area (Å²) in [6, 6.07) is 12.7. The summed E-state index contributed by atoms with van der Waals surface area (Å²) >= 11 is 3.23. The maximum Gasteiger partial charge on any atom is 0.265 e. The van der Waals surface area contributed by atoms with E-state index in [-0.39, 0.29) is 10.6 Å². The van der Waals surface area contributed by atoms with Crippen molar-refractivity contribution in [2.45, 2.75) is 4.90 Å². The lowest BCUT2D eigenvalue weighted by Crippen LogP contribution is -2.26. The van der Waals surface area contributed by atoms with Gasteiger partial charge in [0.2, 0.25) is 0 Å². The van der Waals surface area contributed by atoms with Gasteiger partial charge in [-0.25, -0.2) is 8.42 Å². The van der Waals surface area contributed by atoms with Crippen LogP contribution in [0.1, 0.15) is 0 Å². The van der Waals surface area contributed by atoms with Crippen LogP contribution in [0.2, 0.25) is 0 Å². The predicted octanol–water partition coefficient (Wildman–Crippen LogP) is 2.98. The number of phenolic OH excluding ortho intramolecular Hbond substituents is 1. The maximum atomic E-state index is 12.5. The number of nitrogens with zero attached hydrogens (tertiary/aromatic N) is 1. The van der Waals surface area contributed by atoms with Crippen molar-refractivity contribution in [2.75, 3.05) is 11.4 Å². The molecule has 0 atom stereocenters. The Morgan fingerprint density at radius 1 is 1.11 bits per heavy atom. The van der Waals surface area contributed by atoms with E-state index in [4.69, 9.17) is 0 Å². The van der Waals surface area contributed by atoms with Crippen molar-refractivity contribution in [1.82, 2.24) is 0 Å². The second kappa shape index (κ2) is 5.22. The quantitative estimate of drug-likeness (QED) is 0.933. The lowest BCUT2D eigenvalue weighted by molar-refractivity contribution is 0.475. The Kier molecular flexibility index (Phi) is 3.82. The molecule has 0 saturated carbocycles. The molecule has 19 heavy (non-hydrogen) atoms. The molecule has 4 nitrogen and oxygen atoms in total. The van der Waals surface area contributed by atoms with Gasteiger partial charge in [0, 0.05) is 17.6 Å². The fraction of sp³-hybridized carbons (Fsp3) is 0.0769. The van der Waals surface area contributed by atoms with Crippen LogP contribution in [0.4, 0.5) is 5.69 Å². The summed E-state index contributed by atoms with van der Waals surface area (Å²) < 4.78 is 26.6. The van der Waals surface area contributed by atoms with Gasteiger partial charge in [0.05, 0.1) is 5.69 Å². The molecular weight excluding hydrogens is 330 g/mol. The third-order valence-electron chi connectivity index (χ3n) is 2.67. The first kappa shape index (κ1) is 13.9. The molecule has 100 valence electrons. The molecular formula is C13H12BrNO3S. The SMILES string of the molecule is CN(c1cccc(O)c1)S(=O)(=O)c1ccccc1Br. The summed E-state index contributed by atoms with van der Waals surface area (Å²) in [4.78, 5) is 0.181. The van der Waals surface area contributed by atoms with Crippen LogP contribution in [0.25, 0.3) is 0 Å². The van der Waals surface area contributed by atoms with Gasteiger partial charge in [0.15, 0.2) is 0 Å². The fourth-order valence-corrected chi connectivity index (χ4v) is 3.78. The number of sulfonamides is 1. The van der Waals surface area contributed by atoms with E-state index in [1.54, 1.807) is 30.3 Å². The minimum Gasteiger partial charge on any atom is -0.508 e. The van der Waals surface area contributed by atoms with E-state index in [2.05, 4.69) is 15.9 Å². The van der Waals surface area contributed by atoms with Gasteiger partial charge in [-0.2, -0.15) is 0 Å². The molecule has 0 bridgehead atoms. The zero-order chi connectivity index (χ0) is 14.0. The van der Waals surface area contributed by atoms with Crippen LogP contribution in [-0.4, -0.2) is 20.6 Å². The van der Waals surface area contributed by atoms with Gasteiger partial charge in [-0.1, -0.05) is 18.2 Å². The van der Waals surface area contributed by atoms with Gasteiger partial charge in [-0.3, -0.25) is 4.31 Å². The Morgan fingerprint density at radius 3 is 2.42 bits per heavy atom. The third kappa shape index (κ3) is 2.74. The van der Waals surface area contributed by atoms with Crippen molar-refractivity contribution >= 4 is 31.6 Å². The third-order valence-corrected chi connectivity index (χ3v) is 5.47. The number of hydrogen-bond acceptors (Lipinski definition) is 3. The molecule has 0 unspecified atom stereocenters. The number of halogens is 1. The van der Waals surface area contributed by atoms with Crippen LogP contribution >= 0.6 is 15.9 Å². The average molecular weight is 342 g/mol. The van der Waals surface area contributed by atoms with Gasteiger partial charge >= 0.3 is 0 Å². The summed E-state index contributed by atoms with van der Waals surface area (Å²) in [5.74, 6) is 0.0201. The monoisotopic (exact) mass is 341 g/mol.